The second kappa shape index (κ2) is 7.17. The summed E-state index contributed by atoms with van der Waals surface area (Å²) in [5, 5.41) is 4.67. The van der Waals surface area contributed by atoms with Gasteiger partial charge in [0.2, 0.25) is 0 Å². The highest BCUT2D eigenvalue weighted by molar-refractivity contribution is 6.04. The predicted octanol–water partition coefficient (Wildman–Crippen LogP) is 5.12. The highest BCUT2D eigenvalue weighted by Gasteiger charge is 2.37. The number of anilines is 1. The van der Waals surface area contributed by atoms with Crippen LogP contribution in [-0.2, 0) is 4.79 Å². The Morgan fingerprint density at radius 1 is 1.00 bits per heavy atom. The Bertz CT molecular complexity index is 1210. The average Bonchev–Trinajstić information content (AvgIpc) is 2.77. The lowest BCUT2D eigenvalue weighted by molar-refractivity contribution is -0.116. The van der Waals surface area contributed by atoms with Crippen molar-refractivity contribution in [2.45, 2.75) is 32.1 Å². The SMILES string of the molecule is COc1ccc(C2C3=C(CCCC3=O)Nc3c2ccc2nc(C)ccc32)c(OC)c1. The van der Waals surface area contributed by atoms with Gasteiger partial charge in [0, 0.05) is 46.3 Å². The quantitative estimate of drug-likeness (QED) is 0.661. The third-order valence-electron chi connectivity index (χ3n) is 6.13. The van der Waals surface area contributed by atoms with Crippen LogP contribution in [0.1, 0.15) is 42.0 Å². The normalized spacial score (nSPS) is 18.0. The molecule has 0 fully saturated rings. The summed E-state index contributed by atoms with van der Waals surface area (Å²) in [6, 6.07) is 14.1. The zero-order valence-corrected chi connectivity index (χ0v) is 17.4. The van der Waals surface area contributed by atoms with Crippen LogP contribution in [0, 0.1) is 6.92 Å². The first kappa shape index (κ1) is 18.7. The predicted molar refractivity (Wildman–Crippen MR) is 117 cm³/mol. The number of hydrogen-bond acceptors (Lipinski definition) is 5. The van der Waals surface area contributed by atoms with Gasteiger partial charge in [0.05, 0.1) is 25.4 Å². The molecule has 1 aliphatic carbocycles. The molecule has 1 aliphatic heterocycles. The molecule has 0 saturated heterocycles. The number of Topliss-reactive ketones (excluding diaryl/α,β-unsaturated/α-hetero) is 1. The van der Waals surface area contributed by atoms with Crippen LogP contribution in [0.15, 0.2) is 53.7 Å². The summed E-state index contributed by atoms with van der Waals surface area (Å²) < 4.78 is 11.1. The van der Waals surface area contributed by atoms with Crippen LogP contribution < -0.4 is 14.8 Å². The molecule has 1 unspecified atom stereocenters. The van der Waals surface area contributed by atoms with E-state index in [4.69, 9.17) is 14.5 Å². The summed E-state index contributed by atoms with van der Waals surface area (Å²) in [5.41, 5.74) is 6.91. The largest absolute Gasteiger partial charge is 0.497 e. The molecule has 0 saturated carbocycles. The van der Waals surface area contributed by atoms with E-state index in [1.165, 1.54) is 0 Å². The Morgan fingerprint density at radius 2 is 1.83 bits per heavy atom. The molecule has 5 nitrogen and oxygen atoms in total. The van der Waals surface area contributed by atoms with Gasteiger partial charge in [0.25, 0.3) is 0 Å². The molecule has 5 heteroatoms. The Balaban J connectivity index is 1.79. The number of aryl methyl sites for hydroxylation is 1. The number of fused-ring (bicyclic) bond motifs is 3. The van der Waals surface area contributed by atoms with Gasteiger partial charge >= 0.3 is 0 Å². The van der Waals surface area contributed by atoms with E-state index in [2.05, 4.69) is 17.4 Å². The topological polar surface area (TPSA) is 60.5 Å². The summed E-state index contributed by atoms with van der Waals surface area (Å²) in [4.78, 5) is 17.8. The first-order valence-electron chi connectivity index (χ1n) is 10.3. The molecule has 0 bridgehead atoms. The molecular formula is C25H24N2O3. The van der Waals surface area contributed by atoms with E-state index in [1.54, 1.807) is 14.2 Å². The maximum absolute atomic E-state index is 13.1. The molecule has 3 aromatic rings. The molecule has 2 aliphatic rings. The number of hydrogen-bond donors (Lipinski definition) is 1. The molecule has 2 aromatic carbocycles. The molecule has 30 heavy (non-hydrogen) atoms. The average molecular weight is 400 g/mol. The molecule has 2 heterocycles. The summed E-state index contributed by atoms with van der Waals surface area (Å²) in [6.07, 6.45) is 2.32. The van der Waals surface area contributed by atoms with E-state index in [9.17, 15) is 4.79 Å². The number of ether oxygens (including phenoxy) is 2. The van der Waals surface area contributed by atoms with Crippen molar-refractivity contribution in [3.05, 3.63) is 70.6 Å². The minimum Gasteiger partial charge on any atom is -0.497 e. The van der Waals surface area contributed by atoms with Crippen molar-refractivity contribution in [1.29, 1.82) is 0 Å². The molecule has 1 atom stereocenters. The minimum absolute atomic E-state index is 0.185. The summed E-state index contributed by atoms with van der Waals surface area (Å²) >= 11 is 0. The molecule has 1 aromatic heterocycles. The first-order chi connectivity index (χ1) is 14.6. The Labute approximate surface area is 175 Å². The van der Waals surface area contributed by atoms with E-state index in [0.717, 1.165) is 69.0 Å². The van der Waals surface area contributed by atoms with Crippen LogP contribution in [0.25, 0.3) is 10.9 Å². The molecule has 5 rings (SSSR count). The van der Waals surface area contributed by atoms with Crippen molar-refractivity contribution in [2.75, 3.05) is 19.5 Å². The van der Waals surface area contributed by atoms with E-state index < -0.39 is 0 Å². The van der Waals surface area contributed by atoms with Crippen molar-refractivity contribution < 1.29 is 14.3 Å². The second-order valence-electron chi connectivity index (χ2n) is 7.88. The molecule has 152 valence electrons. The maximum Gasteiger partial charge on any atom is 0.161 e. The minimum atomic E-state index is -0.185. The van der Waals surface area contributed by atoms with E-state index >= 15 is 0 Å². The number of methoxy groups -OCH3 is 2. The fraction of sp³-hybridized carbons (Fsp3) is 0.280. The number of pyridine rings is 1. The summed E-state index contributed by atoms with van der Waals surface area (Å²) in [6.45, 7) is 2.00. The smallest absolute Gasteiger partial charge is 0.161 e. The fourth-order valence-electron chi connectivity index (χ4n) is 4.72. The fourth-order valence-corrected chi connectivity index (χ4v) is 4.72. The van der Waals surface area contributed by atoms with Gasteiger partial charge in [-0.3, -0.25) is 9.78 Å². The van der Waals surface area contributed by atoms with Gasteiger partial charge in [-0.05, 0) is 49.6 Å². The van der Waals surface area contributed by atoms with Gasteiger partial charge in [-0.2, -0.15) is 0 Å². The number of allylic oxidation sites excluding steroid dienone is 2. The third kappa shape index (κ3) is 2.84. The lowest BCUT2D eigenvalue weighted by Gasteiger charge is -2.35. The molecule has 1 N–H and O–H groups in total. The Kier molecular flexibility index (Phi) is 4.46. The van der Waals surface area contributed by atoms with Crippen molar-refractivity contribution >= 4 is 22.4 Å². The van der Waals surface area contributed by atoms with Crippen LogP contribution in [0.5, 0.6) is 11.5 Å². The van der Waals surface area contributed by atoms with Gasteiger partial charge in [-0.1, -0.05) is 12.1 Å². The first-order valence-corrected chi connectivity index (χ1v) is 10.3. The van der Waals surface area contributed by atoms with Gasteiger partial charge in [-0.25, -0.2) is 0 Å². The summed E-state index contributed by atoms with van der Waals surface area (Å²) in [5.74, 6) is 1.47. The zero-order valence-electron chi connectivity index (χ0n) is 17.4. The Hall–Kier alpha value is -3.34. The molecule has 0 radical (unpaired) electrons. The monoisotopic (exact) mass is 400 g/mol. The number of benzene rings is 2. The van der Waals surface area contributed by atoms with E-state index in [1.807, 2.05) is 37.3 Å². The Morgan fingerprint density at radius 3 is 2.63 bits per heavy atom. The van der Waals surface area contributed by atoms with Gasteiger partial charge in [-0.15, -0.1) is 0 Å². The van der Waals surface area contributed by atoms with Gasteiger partial charge in [0.15, 0.2) is 5.78 Å². The number of rotatable bonds is 3. The van der Waals surface area contributed by atoms with Crippen LogP contribution in [0.2, 0.25) is 0 Å². The zero-order chi connectivity index (χ0) is 20.8. The van der Waals surface area contributed by atoms with E-state index in [-0.39, 0.29) is 11.7 Å². The number of nitrogens with zero attached hydrogens (tertiary/aromatic N) is 1. The summed E-state index contributed by atoms with van der Waals surface area (Å²) in [7, 11) is 3.30. The van der Waals surface area contributed by atoms with Crippen LogP contribution >= 0.6 is 0 Å². The molecular weight excluding hydrogens is 376 g/mol. The van der Waals surface area contributed by atoms with Gasteiger partial charge in [0.1, 0.15) is 11.5 Å². The third-order valence-corrected chi connectivity index (χ3v) is 6.13. The highest BCUT2D eigenvalue weighted by Crippen LogP contribution is 2.49. The number of ketones is 1. The number of carbonyl (C=O) groups is 1. The highest BCUT2D eigenvalue weighted by atomic mass is 16.5. The van der Waals surface area contributed by atoms with Crippen molar-refractivity contribution in [3.63, 3.8) is 0 Å². The van der Waals surface area contributed by atoms with Crippen LogP contribution in [-0.4, -0.2) is 25.0 Å². The van der Waals surface area contributed by atoms with Crippen molar-refractivity contribution in [3.8, 4) is 11.5 Å². The lowest BCUT2D eigenvalue weighted by Crippen LogP contribution is -2.27. The number of nitrogens with one attached hydrogen (secondary N) is 1. The maximum atomic E-state index is 13.1. The number of carbonyl (C=O) groups excluding carboxylic acids is 1. The van der Waals surface area contributed by atoms with Crippen molar-refractivity contribution in [2.24, 2.45) is 0 Å². The van der Waals surface area contributed by atoms with Gasteiger partial charge < -0.3 is 14.8 Å². The second-order valence-corrected chi connectivity index (χ2v) is 7.88. The van der Waals surface area contributed by atoms with Crippen molar-refractivity contribution in [1.82, 2.24) is 4.98 Å². The lowest BCUT2D eigenvalue weighted by atomic mass is 9.74. The number of aromatic nitrogens is 1. The standard InChI is InChI=1S/C25H24N2O3/c1-14-7-9-16-19(26-14)12-11-18-23(17-10-8-15(29-2)13-22(17)30-3)24-20(27-25(16)18)5-4-6-21(24)28/h7-13,23,27H,4-6H2,1-3H3. The van der Waals surface area contributed by atoms with E-state index in [0.29, 0.717) is 6.42 Å². The van der Waals surface area contributed by atoms with Crippen LogP contribution in [0.3, 0.4) is 0 Å². The van der Waals surface area contributed by atoms with Crippen LogP contribution in [0.4, 0.5) is 5.69 Å². The molecule has 0 spiro atoms. The molecule has 0 amide bonds.